The molecule has 1 aliphatic rings. The summed E-state index contributed by atoms with van der Waals surface area (Å²) >= 11 is 0. The topological polar surface area (TPSA) is 76.7 Å². The van der Waals surface area contributed by atoms with E-state index in [9.17, 15) is 14.0 Å². The van der Waals surface area contributed by atoms with Gasteiger partial charge in [-0.15, -0.1) is 0 Å². The molecule has 0 bridgehead atoms. The fourth-order valence-corrected chi connectivity index (χ4v) is 3.00. The third-order valence-corrected chi connectivity index (χ3v) is 4.58. The first kappa shape index (κ1) is 20.2. The summed E-state index contributed by atoms with van der Waals surface area (Å²) in [4.78, 5) is 24.4. The van der Waals surface area contributed by atoms with Crippen LogP contribution in [0, 0.1) is 5.82 Å². The lowest BCUT2D eigenvalue weighted by atomic mass is 10.1. The van der Waals surface area contributed by atoms with Gasteiger partial charge in [-0.3, -0.25) is 9.59 Å². The zero-order valence-electron chi connectivity index (χ0n) is 16.4. The Kier molecular flexibility index (Phi) is 5.93. The summed E-state index contributed by atoms with van der Waals surface area (Å²) in [7, 11) is 0. The van der Waals surface area contributed by atoms with Crippen molar-refractivity contribution in [3.63, 3.8) is 0 Å². The molecule has 0 fully saturated rings. The van der Waals surface area contributed by atoms with Gasteiger partial charge in [-0.1, -0.05) is 18.2 Å². The van der Waals surface area contributed by atoms with Gasteiger partial charge in [0.2, 0.25) is 12.7 Å². The van der Waals surface area contributed by atoms with E-state index in [-0.39, 0.29) is 18.6 Å². The van der Waals surface area contributed by atoms with Gasteiger partial charge in [0.15, 0.2) is 11.5 Å². The van der Waals surface area contributed by atoms with Crippen LogP contribution in [0.1, 0.15) is 21.5 Å². The van der Waals surface area contributed by atoms with Gasteiger partial charge in [-0.25, -0.2) is 4.39 Å². The van der Waals surface area contributed by atoms with Crippen LogP contribution in [0.2, 0.25) is 0 Å². The van der Waals surface area contributed by atoms with Gasteiger partial charge in [0.1, 0.15) is 5.82 Å². The molecule has 0 aliphatic carbocycles. The average molecular weight is 418 g/mol. The summed E-state index contributed by atoms with van der Waals surface area (Å²) in [5, 5.41) is 5.57. The predicted molar refractivity (Wildman–Crippen MR) is 114 cm³/mol. The Labute approximate surface area is 178 Å². The van der Waals surface area contributed by atoms with Crippen molar-refractivity contribution in [2.24, 2.45) is 0 Å². The molecule has 0 aromatic heterocycles. The molecule has 0 saturated carbocycles. The molecule has 2 amide bonds. The lowest BCUT2D eigenvalue weighted by Gasteiger charge is -2.08. The molecule has 0 radical (unpaired) electrons. The molecule has 0 saturated heterocycles. The number of halogens is 1. The molecular formula is C24H19FN2O4. The first-order valence-corrected chi connectivity index (χ1v) is 9.58. The number of hydrogen-bond donors (Lipinski definition) is 2. The normalized spacial score (nSPS) is 12.0. The average Bonchev–Trinajstić information content (AvgIpc) is 3.25. The first-order valence-electron chi connectivity index (χ1n) is 9.58. The molecule has 1 aliphatic heterocycles. The fourth-order valence-electron chi connectivity index (χ4n) is 3.00. The van der Waals surface area contributed by atoms with Crippen molar-refractivity contribution in [2.75, 3.05) is 12.1 Å². The first-order chi connectivity index (χ1) is 15.1. The maximum Gasteiger partial charge on any atom is 0.255 e. The summed E-state index contributed by atoms with van der Waals surface area (Å²) in [6, 6.07) is 17.9. The second kappa shape index (κ2) is 9.13. The van der Waals surface area contributed by atoms with Crippen LogP contribution in [-0.2, 0) is 11.3 Å². The van der Waals surface area contributed by atoms with Gasteiger partial charge in [0.05, 0.1) is 0 Å². The fraction of sp³-hybridized carbons (Fsp3) is 0.0833. The lowest BCUT2D eigenvalue weighted by molar-refractivity contribution is -0.116. The van der Waals surface area contributed by atoms with E-state index >= 15 is 0 Å². The van der Waals surface area contributed by atoms with Gasteiger partial charge in [-0.05, 0) is 65.7 Å². The maximum absolute atomic E-state index is 13.0. The largest absolute Gasteiger partial charge is 0.454 e. The minimum absolute atomic E-state index is 0.201. The van der Waals surface area contributed by atoms with E-state index in [1.54, 1.807) is 36.4 Å². The molecule has 3 aromatic carbocycles. The van der Waals surface area contributed by atoms with Crippen LogP contribution in [0.3, 0.4) is 0 Å². The number of nitrogens with one attached hydrogen (secondary N) is 2. The van der Waals surface area contributed by atoms with Crippen molar-refractivity contribution in [3.05, 3.63) is 95.3 Å². The summed E-state index contributed by atoms with van der Waals surface area (Å²) in [6.07, 6.45) is 3.13. The zero-order chi connectivity index (χ0) is 21.6. The van der Waals surface area contributed by atoms with Crippen molar-refractivity contribution in [1.29, 1.82) is 0 Å². The molecule has 3 aromatic rings. The molecular weight excluding hydrogens is 399 g/mol. The molecule has 0 spiro atoms. The summed E-state index contributed by atoms with van der Waals surface area (Å²) in [5.41, 5.74) is 2.58. The lowest BCUT2D eigenvalue weighted by Crippen LogP contribution is -2.20. The standard InChI is InChI=1S/C24H19FN2O4/c25-19-8-6-18(7-9-19)24(29)27-20-3-1-2-17(12-20)14-26-23(28)11-5-16-4-10-21-22(13-16)31-15-30-21/h1-13H,14-15H2,(H,26,28)(H,27,29)/b11-5+. The van der Waals surface area contributed by atoms with Crippen LogP contribution in [0.15, 0.2) is 72.8 Å². The number of carbonyl (C=O) groups is 2. The van der Waals surface area contributed by atoms with Crippen LogP contribution in [0.25, 0.3) is 6.08 Å². The Morgan fingerprint density at radius 3 is 2.61 bits per heavy atom. The van der Waals surface area contributed by atoms with E-state index in [4.69, 9.17) is 9.47 Å². The van der Waals surface area contributed by atoms with Crippen molar-refractivity contribution in [2.45, 2.75) is 6.54 Å². The molecule has 6 nitrogen and oxygen atoms in total. The van der Waals surface area contributed by atoms with Gasteiger partial charge in [0.25, 0.3) is 5.91 Å². The van der Waals surface area contributed by atoms with Crippen molar-refractivity contribution in [3.8, 4) is 11.5 Å². The number of anilines is 1. The Hall–Kier alpha value is -4.13. The number of rotatable bonds is 6. The van der Waals surface area contributed by atoms with Gasteiger partial charge < -0.3 is 20.1 Å². The number of hydrogen-bond acceptors (Lipinski definition) is 4. The monoisotopic (exact) mass is 418 g/mol. The summed E-state index contributed by atoms with van der Waals surface area (Å²) in [6.45, 7) is 0.497. The Bertz CT molecular complexity index is 1140. The number of amides is 2. The highest BCUT2D eigenvalue weighted by Gasteiger charge is 2.12. The highest BCUT2D eigenvalue weighted by molar-refractivity contribution is 6.04. The minimum atomic E-state index is -0.401. The second-order valence-corrected chi connectivity index (χ2v) is 6.83. The van der Waals surface area contributed by atoms with Crippen molar-refractivity contribution >= 4 is 23.6 Å². The molecule has 1 heterocycles. The third-order valence-electron chi connectivity index (χ3n) is 4.58. The van der Waals surface area contributed by atoms with Crippen LogP contribution >= 0.6 is 0 Å². The van der Waals surface area contributed by atoms with Crippen LogP contribution in [0.4, 0.5) is 10.1 Å². The van der Waals surface area contributed by atoms with Gasteiger partial charge >= 0.3 is 0 Å². The Morgan fingerprint density at radius 1 is 0.968 bits per heavy atom. The van der Waals surface area contributed by atoms with E-state index in [2.05, 4.69) is 10.6 Å². The van der Waals surface area contributed by atoms with Crippen molar-refractivity contribution < 1.29 is 23.5 Å². The highest BCUT2D eigenvalue weighted by atomic mass is 19.1. The maximum atomic E-state index is 13.0. The quantitative estimate of drug-likeness (QED) is 0.590. The summed E-state index contributed by atoms with van der Waals surface area (Å²) < 4.78 is 23.6. The van der Waals surface area contributed by atoms with Crippen molar-refractivity contribution in [1.82, 2.24) is 5.32 Å². The van der Waals surface area contributed by atoms with E-state index < -0.39 is 5.82 Å². The van der Waals surface area contributed by atoms with Crippen LogP contribution in [0.5, 0.6) is 11.5 Å². The van der Waals surface area contributed by atoms with Gasteiger partial charge in [-0.2, -0.15) is 0 Å². The Balaban J connectivity index is 1.32. The smallest absolute Gasteiger partial charge is 0.255 e. The number of carbonyl (C=O) groups excluding carboxylic acids is 2. The summed E-state index contributed by atoms with van der Waals surface area (Å²) in [5.74, 6) is 0.350. The molecule has 4 rings (SSSR count). The van der Waals surface area contributed by atoms with Crippen LogP contribution < -0.4 is 20.1 Å². The number of benzene rings is 3. The third kappa shape index (κ3) is 5.27. The molecule has 0 atom stereocenters. The molecule has 31 heavy (non-hydrogen) atoms. The minimum Gasteiger partial charge on any atom is -0.454 e. The van der Waals surface area contributed by atoms with Gasteiger partial charge in [0, 0.05) is 23.9 Å². The van der Waals surface area contributed by atoms with E-state index in [0.29, 0.717) is 29.3 Å². The predicted octanol–water partition coefficient (Wildman–Crippen LogP) is 4.14. The van der Waals surface area contributed by atoms with E-state index in [0.717, 1.165) is 11.1 Å². The second-order valence-electron chi connectivity index (χ2n) is 6.83. The number of ether oxygens (including phenoxy) is 2. The SMILES string of the molecule is O=C(/C=C/c1ccc2c(c1)OCO2)NCc1cccc(NC(=O)c2ccc(F)cc2)c1. The Morgan fingerprint density at radius 2 is 1.77 bits per heavy atom. The molecule has 0 unspecified atom stereocenters. The molecule has 2 N–H and O–H groups in total. The molecule has 156 valence electrons. The van der Waals surface area contributed by atoms with E-state index in [1.165, 1.54) is 30.3 Å². The zero-order valence-corrected chi connectivity index (χ0v) is 16.4. The van der Waals surface area contributed by atoms with Crippen LogP contribution in [-0.4, -0.2) is 18.6 Å². The van der Waals surface area contributed by atoms with E-state index in [1.807, 2.05) is 12.1 Å². The molecule has 7 heteroatoms. The highest BCUT2D eigenvalue weighted by Crippen LogP contribution is 2.32. The number of fused-ring (bicyclic) bond motifs is 1.